The predicted molar refractivity (Wildman–Crippen MR) is 98.4 cm³/mol. The Morgan fingerprint density at radius 1 is 1.31 bits per heavy atom. The van der Waals surface area contributed by atoms with E-state index in [1.165, 1.54) is 0 Å². The number of aliphatic hydroxyl groups excluding tert-OH is 1. The topological polar surface area (TPSA) is 90.4 Å². The SMILES string of the molecule is CCOC1=Cc2c(-c3cc(N4CCN(C)[C@H](O)C4)ncn3)n[nH]c2CC1. The number of aromatic amines is 1. The summed E-state index contributed by atoms with van der Waals surface area (Å²) in [6, 6.07) is 1.94. The van der Waals surface area contributed by atoms with Crippen LogP contribution in [0.3, 0.4) is 0 Å². The van der Waals surface area contributed by atoms with Gasteiger partial charge in [-0.25, -0.2) is 9.97 Å². The first-order valence-corrected chi connectivity index (χ1v) is 9.02. The summed E-state index contributed by atoms with van der Waals surface area (Å²) in [7, 11) is 1.92. The molecule has 0 bridgehead atoms. The molecule has 0 aromatic carbocycles. The summed E-state index contributed by atoms with van der Waals surface area (Å²) in [5.74, 6) is 1.79. The molecule has 1 aliphatic carbocycles. The minimum absolute atomic E-state index is 0.489. The fraction of sp³-hybridized carbons (Fsp3) is 0.500. The first kappa shape index (κ1) is 17.0. The van der Waals surface area contributed by atoms with Gasteiger partial charge in [-0.3, -0.25) is 10.00 Å². The van der Waals surface area contributed by atoms with Crippen molar-refractivity contribution in [3.8, 4) is 11.4 Å². The first-order valence-electron chi connectivity index (χ1n) is 9.02. The Labute approximate surface area is 152 Å². The van der Waals surface area contributed by atoms with Crippen molar-refractivity contribution in [1.29, 1.82) is 0 Å². The lowest BCUT2D eigenvalue weighted by Gasteiger charge is -2.37. The normalized spacial score (nSPS) is 20.7. The van der Waals surface area contributed by atoms with Crippen LogP contribution in [0.15, 0.2) is 18.2 Å². The third-order valence-electron chi connectivity index (χ3n) is 4.97. The number of aromatic nitrogens is 4. The molecule has 0 unspecified atom stereocenters. The number of anilines is 1. The third-order valence-corrected chi connectivity index (χ3v) is 4.97. The number of aliphatic hydroxyl groups is 1. The molecule has 2 N–H and O–H groups in total. The van der Waals surface area contributed by atoms with Crippen molar-refractivity contribution in [2.24, 2.45) is 0 Å². The molecular formula is C18H24N6O2. The highest BCUT2D eigenvalue weighted by atomic mass is 16.5. The molecule has 1 atom stereocenters. The molecule has 0 saturated carbocycles. The minimum atomic E-state index is -0.489. The van der Waals surface area contributed by atoms with E-state index in [0.717, 1.165) is 60.2 Å². The fourth-order valence-electron chi connectivity index (χ4n) is 3.42. The van der Waals surface area contributed by atoms with Gasteiger partial charge in [-0.15, -0.1) is 0 Å². The van der Waals surface area contributed by atoms with Crippen LogP contribution in [0.25, 0.3) is 17.5 Å². The first-order chi connectivity index (χ1) is 12.7. The minimum Gasteiger partial charge on any atom is -0.498 e. The second-order valence-electron chi connectivity index (χ2n) is 6.68. The van der Waals surface area contributed by atoms with E-state index >= 15 is 0 Å². The summed E-state index contributed by atoms with van der Waals surface area (Å²) in [4.78, 5) is 12.8. The largest absolute Gasteiger partial charge is 0.498 e. The van der Waals surface area contributed by atoms with Crippen LogP contribution in [0, 0.1) is 0 Å². The number of likely N-dealkylation sites (N-methyl/N-ethyl adjacent to an activating group) is 1. The Morgan fingerprint density at radius 3 is 3.00 bits per heavy atom. The Bertz CT molecular complexity index is 818. The smallest absolute Gasteiger partial charge is 0.132 e. The van der Waals surface area contributed by atoms with E-state index in [0.29, 0.717) is 13.2 Å². The van der Waals surface area contributed by atoms with Crippen molar-refractivity contribution in [3.63, 3.8) is 0 Å². The number of aryl methyl sites for hydroxylation is 1. The highest BCUT2D eigenvalue weighted by Gasteiger charge is 2.24. The van der Waals surface area contributed by atoms with Gasteiger partial charge >= 0.3 is 0 Å². The molecule has 0 amide bonds. The van der Waals surface area contributed by atoms with Crippen LogP contribution in [0.5, 0.6) is 0 Å². The van der Waals surface area contributed by atoms with Crippen molar-refractivity contribution in [1.82, 2.24) is 25.1 Å². The average Bonchev–Trinajstić information content (AvgIpc) is 3.08. The molecule has 8 heteroatoms. The molecule has 2 aromatic heterocycles. The van der Waals surface area contributed by atoms with Gasteiger partial charge < -0.3 is 14.7 Å². The van der Waals surface area contributed by atoms with Crippen LogP contribution >= 0.6 is 0 Å². The lowest BCUT2D eigenvalue weighted by atomic mass is 10.00. The number of nitrogens with one attached hydrogen (secondary N) is 1. The van der Waals surface area contributed by atoms with Crippen LogP contribution in [0.1, 0.15) is 24.6 Å². The van der Waals surface area contributed by atoms with E-state index in [2.05, 4.69) is 31.1 Å². The van der Waals surface area contributed by atoms with Gasteiger partial charge in [0.25, 0.3) is 0 Å². The van der Waals surface area contributed by atoms with Crippen LogP contribution in [0.4, 0.5) is 5.82 Å². The van der Waals surface area contributed by atoms with Crippen molar-refractivity contribution in [2.75, 3.05) is 38.2 Å². The fourth-order valence-corrected chi connectivity index (χ4v) is 3.42. The second-order valence-corrected chi connectivity index (χ2v) is 6.68. The van der Waals surface area contributed by atoms with E-state index in [4.69, 9.17) is 4.74 Å². The number of β-amino-alcohol motifs (C(OH)–C–C–N with tert-alkyl or cyclic N) is 1. The zero-order valence-corrected chi connectivity index (χ0v) is 15.1. The van der Waals surface area contributed by atoms with E-state index in [9.17, 15) is 5.11 Å². The molecule has 26 heavy (non-hydrogen) atoms. The van der Waals surface area contributed by atoms with Gasteiger partial charge in [0.2, 0.25) is 0 Å². The van der Waals surface area contributed by atoms with E-state index in [-0.39, 0.29) is 0 Å². The van der Waals surface area contributed by atoms with Crippen LogP contribution in [0.2, 0.25) is 0 Å². The maximum atomic E-state index is 10.1. The maximum absolute atomic E-state index is 10.1. The monoisotopic (exact) mass is 356 g/mol. The van der Waals surface area contributed by atoms with Gasteiger partial charge in [0.1, 0.15) is 24.1 Å². The molecule has 0 spiro atoms. The molecule has 4 rings (SSSR count). The Hall–Kier alpha value is -2.45. The summed E-state index contributed by atoms with van der Waals surface area (Å²) in [5, 5.41) is 17.7. The second kappa shape index (κ2) is 7.05. The average molecular weight is 356 g/mol. The van der Waals surface area contributed by atoms with Crippen LogP contribution in [-0.4, -0.2) is 69.7 Å². The molecule has 1 fully saturated rings. The Morgan fingerprint density at radius 2 is 2.19 bits per heavy atom. The summed E-state index contributed by atoms with van der Waals surface area (Å²) in [6.45, 7) is 4.79. The number of allylic oxidation sites excluding steroid dienone is 1. The molecule has 2 aromatic rings. The molecule has 0 radical (unpaired) electrons. The summed E-state index contributed by atoms with van der Waals surface area (Å²) < 4.78 is 5.69. The number of fused-ring (bicyclic) bond motifs is 1. The number of rotatable bonds is 4. The molecule has 1 saturated heterocycles. The van der Waals surface area contributed by atoms with Gasteiger partial charge in [-0.1, -0.05) is 0 Å². The number of hydrogen-bond acceptors (Lipinski definition) is 7. The number of nitrogens with zero attached hydrogens (tertiary/aromatic N) is 5. The molecule has 1 aliphatic heterocycles. The standard InChI is InChI=1S/C18H24N6O2/c1-3-26-12-4-5-14-13(8-12)18(22-21-14)15-9-16(20-11-19-15)24-7-6-23(2)17(25)10-24/h8-9,11,17,25H,3-7,10H2,1-2H3,(H,21,22)/t17-/m1/s1. The zero-order chi connectivity index (χ0) is 18.1. The Balaban J connectivity index is 1.64. The van der Waals surface area contributed by atoms with Gasteiger partial charge in [-0.05, 0) is 26.5 Å². The lowest BCUT2D eigenvalue weighted by Crippen LogP contribution is -2.51. The molecule has 2 aliphatic rings. The third kappa shape index (κ3) is 3.17. The van der Waals surface area contributed by atoms with E-state index in [1.807, 2.05) is 24.9 Å². The predicted octanol–water partition coefficient (Wildman–Crippen LogP) is 1.26. The van der Waals surface area contributed by atoms with Crippen molar-refractivity contribution >= 4 is 11.9 Å². The molecule has 3 heterocycles. The lowest BCUT2D eigenvalue weighted by molar-refractivity contribution is 0.0151. The highest BCUT2D eigenvalue weighted by Crippen LogP contribution is 2.31. The number of ether oxygens (including phenoxy) is 1. The molecule has 8 nitrogen and oxygen atoms in total. The molecule has 138 valence electrons. The van der Waals surface area contributed by atoms with Crippen molar-refractivity contribution < 1.29 is 9.84 Å². The summed E-state index contributed by atoms with van der Waals surface area (Å²) >= 11 is 0. The summed E-state index contributed by atoms with van der Waals surface area (Å²) in [5.41, 5.74) is 3.74. The zero-order valence-electron chi connectivity index (χ0n) is 15.1. The van der Waals surface area contributed by atoms with Gasteiger partial charge in [-0.2, -0.15) is 5.10 Å². The highest BCUT2D eigenvalue weighted by molar-refractivity contribution is 5.74. The number of H-pyrrole nitrogens is 1. The van der Waals surface area contributed by atoms with Crippen LogP contribution in [-0.2, 0) is 11.2 Å². The summed E-state index contributed by atoms with van der Waals surface area (Å²) in [6.07, 6.45) is 4.90. The number of piperazine rings is 1. The Kier molecular flexibility index (Phi) is 4.60. The van der Waals surface area contributed by atoms with Gasteiger partial charge in [0.05, 0.1) is 24.6 Å². The van der Waals surface area contributed by atoms with Crippen LogP contribution < -0.4 is 4.90 Å². The van der Waals surface area contributed by atoms with Gasteiger partial charge in [0, 0.05) is 36.8 Å². The van der Waals surface area contributed by atoms with E-state index < -0.39 is 6.23 Å². The maximum Gasteiger partial charge on any atom is 0.132 e. The van der Waals surface area contributed by atoms with Crippen molar-refractivity contribution in [2.45, 2.75) is 26.0 Å². The quantitative estimate of drug-likeness (QED) is 0.852. The number of hydrogen-bond donors (Lipinski definition) is 2. The van der Waals surface area contributed by atoms with Gasteiger partial charge in [0.15, 0.2) is 0 Å². The van der Waals surface area contributed by atoms with Crippen molar-refractivity contribution in [3.05, 3.63) is 29.4 Å². The molecular weight excluding hydrogens is 332 g/mol. The van der Waals surface area contributed by atoms with E-state index in [1.54, 1.807) is 6.33 Å².